The van der Waals surface area contributed by atoms with Crippen LogP contribution in [0, 0.1) is 0 Å². The molecule has 0 radical (unpaired) electrons. The van der Waals surface area contributed by atoms with Crippen LogP contribution >= 0.6 is 11.3 Å². The van der Waals surface area contributed by atoms with Gasteiger partial charge in [-0.25, -0.2) is 8.42 Å². The lowest BCUT2D eigenvalue weighted by Gasteiger charge is -2.26. The summed E-state index contributed by atoms with van der Waals surface area (Å²) in [6.45, 7) is 1.38. The summed E-state index contributed by atoms with van der Waals surface area (Å²) in [5, 5.41) is 12.2. The van der Waals surface area contributed by atoms with Crippen molar-refractivity contribution in [3.63, 3.8) is 0 Å². The van der Waals surface area contributed by atoms with Crippen molar-refractivity contribution in [2.75, 3.05) is 31.6 Å². The van der Waals surface area contributed by atoms with E-state index in [1.54, 1.807) is 11.3 Å². The molecule has 1 amide bonds. The van der Waals surface area contributed by atoms with Gasteiger partial charge in [0.2, 0.25) is 15.9 Å². The van der Waals surface area contributed by atoms with Crippen LogP contribution in [-0.4, -0.2) is 55.1 Å². The lowest BCUT2D eigenvalue weighted by Crippen LogP contribution is -2.40. The minimum atomic E-state index is -3.60. The molecule has 0 spiro atoms. The van der Waals surface area contributed by atoms with Crippen LogP contribution in [0.1, 0.15) is 21.1 Å². The number of hydrogen-bond acceptors (Lipinski definition) is 8. The number of nitrogens with zero attached hydrogens (tertiary/aromatic N) is 3. The Morgan fingerprint density at radius 3 is 2.59 bits per heavy atom. The van der Waals surface area contributed by atoms with Gasteiger partial charge in [-0.15, -0.1) is 16.4 Å². The third-order valence-electron chi connectivity index (χ3n) is 4.32. The average molecular weight is 434 g/mol. The molecule has 9 nitrogen and oxygen atoms in total. The van der Waals surface area contributed by atoms with E-state index in [4.69, 9.17) is 9.15 Å². The molecule has 2 aromatic heterocycles. The fraction of sp³-hybridized carbons (Fsp3) is 0.278. The first-order valence-corrected chi connectivity index (χ1v) is 11.2. The lowest BCUT2D eigenvalue weighted by atomic mass is 10.2. The molecule has 0 unspecified atom stereocenters. The van der Waals surface area contributed by atoms with Crippen molar-refractivity contribution in [3.05, 3.63) is 58.1 Å². The van der Waals surface area contributed by atoms with E-state index in [2.05, 4.69) is 15.5 Å². The molecular weight excluding hydrogens is 416 g/mol. The van der Waals surface area contributed by atoms with Gasteiger partial charge in [0.15, 0.2) is 0 Å². The first-order chi connectivity index (χ1) is 14.0. The van der Waals surface area contributed by atoms with Gasteiger partial charge in [-0.2, -0.15) is 4.31 Å². The van der Waals surface area contributed by atoms with Crippen molar-refractivity contribution in [3.8, 4) is 0 Å². The monoisotopic (exact) mass is 434 g/mol. The number of hydrogen-bond donors (Lipinski definition) is 1. The van der Waals surface area contributed by atoms with Crippen LogP contribution in [-0.2, 0) is 21.2 Å². The number of rotatable bonds is 6. The van der Waals surface area contributed by atoms with Crippen LogP contribution in [0.15, 0.2) is 51.1 Å². The van der Waals surface area contributed by atoms with E-state index in [1.807, 2.05) is 17.5 Å². The molecule has 152 valence electrons. The third kappa shape index (κ3) is 4.53. The zero-order valence-electron chi connectivity index (χ0n) is 15.3. The molecule has 1 aromatic carbocycles. The van der Waals surface area contributed by atoms with Gasteiger partial charge in [0.25, 0.3) is 5.91 Å². The fourth-order valence-electron chi connectivity index (χ4n) is 2.82. The van der Waals surface area contributed by atoms with Crippen molar-refractivity contribution in [1.29, 1.82) is 0 Å². The quantitative estimate of drug-likeness (QED) is 0.631. The van der Waals surface area contributed by atoms with Crippen LogP contribution < -0.4 is 5.32 Å². The second-order valence-corrected chi connectivity index (χ2v) is 9.22. The molecule has 3 heterocycles. The molecule has 1 aliphatic rings. The Balaban J connectivity index is 1.41. The molecule has 1 saturated heterocycles. The highest BCUT2D eigenvalue weighted by Gasteiger charge is 2.26. The van der Waals surface area contributed by atoms with Crippen LogP contribution in [0.5, 0.6) is 0 Å². The minimum Gasteiger partial charge on any atom is -0.407 e. The van der Waals surface area contributed by atoms with Crippen LogP contribution in [0.3, 0.4) is 0 Å². The van der Waals surface area contributed by atoms with E-state index >= 15 is 0 Å². The number of carbonyl (C=O) groups excluding carboxylic acids is 1. The smallest absolute Gasteiger partial charge is 0.322 e. The Hall–Kier alpha value is -2.60. The van der Waals surface area contributed by atoms with Crippen molar-refractivity contribution in [2.45, 2.75) is 11.3 Å². The summed E-state index contributed by atoms with van der Waals surface area (Å²) < 4.78 is 37.3. The fourth-order valence-corrected chi connectivity index (χ4v) is 4.93. The van der Waals surface area contributed by atoms with Crippen molar-refractivity contribution in [2.24, 2.45) is 0 Å². The largest absolute Gasteiger partial charge is 0.407 e. The van der Waals surface area contributed by atoms with Crippen LogP contribution in [0.4, 0.5) is 6.01 Å². The predicted octanol–water partition coefficient (Wildman–Crippen LogP) is 2.00. The number of anilines is 1. The topological polar surface area (TPSA) is 115 Å². The number of sulfonamides is 1. The number of aromatic nitrogens is 2. The van der Waals surface area contributed by atoms with Gasteiger partial charge >= 0.3 is 6.01 Å². The SMILES string of the molecule is O=C(Nc1nnc(Cc2cccs2)o1)c1ccc(S(=O)(=O)N2CCOCC2)cc1. The van der Waals surface area contributed by atoms with Gasteiger partial charge in [0.05, 0.1) is 24.5 Å². The summed E-state index contributed by atoms with van der Waals surface area (Å²) in [6.07, 6.45) is 0.495. The normalized spacial score (nSPS) is 15.3. The number of amides is 1. The van der Waals surface area contributed by atoms with Crippen LogP contribution in [0.25, 0.3) is 0 Å². The number of carbonyl (C=O) groups is 1. The Morgan fingerprint density at radius 2 is 1.90 bits per heavy atom. The van der Waals surface area contributed by atoms with E-state index in [9.17, 15) is 13.2 Å². The van der Waals surface area contributed by atoms with E-state index < -0.39 is 15.9 Å². The summed E-state index contributed by atoms with van der Waals surface area (Å²) in [5.41, 5.74) is 0.281. The Bertz CT molecular complexity index is 1070. The zero-order valence-corrected chi connectivity index (χ0v) is 16.9. The molecule has 4 rings (SSSR count). The highest BCUT2D eigenvalue weighted by molar-refractivity contribution is 7.89. The van der Waals surface area contributed by atoms with Gasteiger partial charge in [0, 0.05) is 23.5 Å². The van der Waals surface area contributed by atoms with Gasteiger partial charge in [-0.05, 0) is 35.7 Å². The number of thiophene rings is 1. The van der Waals surface area contributed by atoms with Gasteiger partial charge in [-0.1, -0.05) is 11.2 Å². The summed E-state index contributed by atoms with van der Waals surface area (Å²) in [6, 6.07) is 9.61. The van der Waals surface area contributed by atoms with Gasteiger partial charge < -0.3 is 9.15 Å². The second kappa shape index (κ2) is 8.41. The molecule has 0 bridgehead atoms. The van der Waals surface area contributed by atoms with Crippen molar-refractivity contribution in [1.82, 2.24) is 14.5 Å². The summed E-state index contributed by atoms with van der Waals surface area (Å²) in [4.78, 5) is 13.6. The second-order valence-electron chi connectivity index (χ2n) is 6.25. The predicted molar refractivity (Wildman–Crippen MR) is 105 cm³/mol. The van der Waals surface area contributed by atoms with E-state index in [1.165, 1.54) is 28.6 Å². The molecule has 1 N–H and O–H groups in total. The van der Waals surface area contributed by atoms with Gasteiger partial charge in [0.1, 0.15) is 0 Å². The average Bonchev–Trinajstić information content (AvgIpc) is 3.41. The molecule has 3 aromatic rings. The van der Waals surface area contributed by atoms with E-state index in [0.29, 0.717) is 38.6 Å². The molecule has 0 aliphatic carbocycles. The first-order valence-electron chi connectivity index (χ1n) is 8.86. The lowest BCUT2D eigenvalue weighted by molar-refractivity contribution is 0.0730. The van der Waals surface area contributed by atoms with E-state index in [0.717, 1.165) is 4.88 Å². The van der Waals surface area contributed by atoms with E-state index in [-0.39, 0.29) is 16.5 Å². The highest BCUT2D eigenvalue weighted by Crippen LogP contribution is 2.19. The molecule has 29 heavy (non-hydrogen) atoms. The maximum atomic E-state index is 12.6. The molecule has 1 aliphatic heterocycles. The highest BCUT2D eigenvalue weighted by atomic mass is 32.2. The van der Waals surface area contributed by atoms with Crippen molar-refractivity contribution >= 4 is 33.3 Å². The Kier molecular flexibility index (Phi) is 5.72. The summed E-state index contributed by atoms with van der Waals surface area (Å²) in [5.74, 6) is -0.0682. The zero-order chi connectivity index (χ0) is 20.3. The Morgan fingerprint density at radius 1 is 1.14 bits per heavy atom. The third-order valence-corrected chi connectivity index (χ3v) is 7.11. The number of benzene rings is 1. The molecule has 0 saturated carbocycles. The maximum absolute atomic E-state index is 12.6. The standard InChI is InChI=1S/C18H18N4O5S2/c23-17(19-18-21-20-16(27-18)12-14-2-1-11-28-14)13-3-5-15(6-4-13)29(24,25)22-7-9-26-10-8-22/h1-6,11H,7-10,12H2,(H,19,21,23). The Labute approximate surface area is 171 Å². The summed E-state index contributed by atoms with van der Waals surface area (Å²) in [7, 11) is -3.60. The van der Waals surface area contributed by atoms with Crippen molar-refractivity contribution < 1.29 is 22.4 Å². The first kappa shape index (κ1) is 19.7. The molecule has 0 atom stereocenters. The minimum absolute atomic E-state index is 0.00780. The number of ether oxygens (including phenoxy) is 1. The molecule has 1 fully saturated rings. The van der Waals surface area contributed by atoms with Crippen LogP contribution in [0.2, 0.25) is 0 Å². The molecular formula is C18H18N4O5S2. The van der Waals surface area contributed by atoms with Gasteiger partial charge in [-0.3, -0.25) is 10.1 Å². The summed E-state index contributed by atoms with van der Waals surface area (Å²) >= 11 is 1.58. The number of nitrogens with one attached hydrogen (secondary N) is 1. The molecule has 11 heteroatoms. The maximum Gasteiger partial charge on any atom is 0.322 e. The number of morpholine rings is 1.